The molecule has 1 aromatic rings. The predicted molar refractivity (Wildman–Crippen MR) is 51.0 cm³/mol. The van der Waals surface area contributed by atoms with Gasteiger partial charge in [0, 0.05) is 5.69 Å². The molecule has 0 bridgehead atoms. The van der Waals surface area contributed by atoms with Crippen LogP contribution >= 0.6 is 11.6 Å². The van der Waals surface area contributed by atoms with Gasteiger partial charge in [-0.2, -0.15) is 8.42 Å². The van der Waals surface area contributed by atoms with Gasteiger partial charge in [0.1, 0.15) is 0 Å². The SMILES string of the molecule is Nc1ccc(Cl)c(NS(=O)(=O)O)c1. The largest absolute Gasteiger partial charge is 0.399 e. The van der Waals surface area contributed by atoms with E-state index in [0.29, 0.717) is 5.69 Å². The van der Waals surface area contributed by atoms with Crippen LogP contribution in [0.1, 0.15) is 0 Å². The second kappa shape index (κ2) is 3.41. The van der Waals surface area contributed by atoms with Gasteiger partial charge in [0.05, 0.1) is 10.7 Å². The van der Waals surface area contributed by atoms with Crippen LogP contribution in [0.25, 0.3) is 0 Å². The number of benzene rings is 1. The summed E-state index contributed by atoms with van der Waals surface area (Å²) in [6, 6.07) is 4.23. The molecule has 0 spiro atoms. The molecule has 0 saturated heterocycles. The average Bonchev–Trinajstić information content (AvgIpc) is 1.94. The Morgan fingerprint density at radius 3 is 2.62 bits per heavy atom. The van der Waals surface area contributed by atoms with E-state index in [9.17, 15) is 8.42 Å². The fourth-order valence-electron chi connectivity index (χ4n) is 0.760. The molecule has 0 aliphatic rings. The zero-order valence-corrected chi connectivity index (χ0v) is 7.93. The lowest BCUT2D eigenvalue weighted by atomic mass is 10.3. The maximum atomic E-state index is 10.4. The highest BCUT2D eigenvalue weighted by Crippen LogP contribution is 2.24. The van der Waals surface area contributed by atoms with Gasteiger partial charge in [-0.3, -0.25) is 9.27 Å². The minimum Gasteiger partial charge on any atom is -0.399 e. The van der Waals surface area contributed by atoms with E-state index in [0.717, 1.165) is 0 Å². The van der Waals surface area contributed by atoms with Crippen LogP contribution in [0.15, 0.2) is 18.2 Å². The second-order valence-electron chi connectivity index (χ2n) is 2.32. The first-order valence-corrected chi connectivity index (χ1v) is 5.00. The third-order valence-electron chi connectivity index (χ3n) is 1.23. The van der Waals surface area contributed by atoms with Gasteiger partial charge >= 0.3 is 10.3 Å². The van der Waals surface area contributed by atoms with Crippen molar-refractivity contribution in [2.75, 3.05) is 10.5 Å². The van der Waals surface area contributed by atoms with E-state index in [1.165, 1.54) is 18.2 Å². The van der Waals surface area contributed by atoms with Gasteiger partial charge in [-0.05, 0) is 18.2 Å². The van der Waals surface area contributed by atoms with E-state index in [1.54, 1.807) is 4.72 Å². The van der Waals surface area contributed by atoms with Crippen LogP contribution in [0.2, 0.25) is 5.02 Å². The third-order valence-corrected chi connectivity index (χ3v) is 2.04. The van der Waals surface area contributed by atoms with Crippen molar-refractivity contribution in [1.82, 2.24) is 0 Å². The molecule has 0 radical (unpaired) electrons. The van der Waals surface area contributed by atoms with E-state index >= 15 is 0 Å². The summed E-state index contributed by atoms with van der Waals surface area (Å²) >= 11 is 5.61. The summed E-state index contributed by atoms with van der Waals surface area (Å²) < 4.78 is 31.1. The highest BCUT2D eigenvalue weighted by atomic mass is 35.5. The zero-order valence-electron chi connectivity index (χ0n) is 6.36. The van der Waals surface area contributed by atoms with Gasteiger partial charge in [-0.1, -0.05) is 11.6 Å². The molecule has 0 aromatic heterocycles. The Kier molecular flexibility index (Phi) is 2.65. The van der Waals surface area contributed by atoms with Crippen LogP contribution in [0.4, 0.5) is 11.4 Å². The Bertz CT molecular complexity index is 418. The smallest absolute Gasteiger partial charge is 0.357 e. The summed E-state index contributed by atoms with van der Waals surface area (Å²) in [5.41, 5.74) is 5.76. The number of hydrogen-bond donors (Lipinski definition) is 3. The Morgan fingerprint density at radius 1 is 1.46 bits per heavy atom. The van der Waals surface area contributed by atoms with Crippen molar-refractivity contribution >= 4 is 33.3 Å². The lowest BCUT2D eigenvalue weighted by Gasteiger charge is -2.05. The standard InChI is InChI=1S/C6H7ClN2O3S/c7-5-2-1-4(8)3-6(5)9-13(10,11)12/h1-3,9H,8H2,(H,10,11,12). The molecule has 0 aliphatic heterocycles. The van der Waals surface area contributed by atoms with Gasteiger partial charge in [0.2, 0.25) is 0 Å². The van der Waals surface area contributed by atoms with Crippen LogP contribution in [0, 0.1) is 0 Å². The Morgan fingerprint density at radius 2 is 2.08 bits per heavy atom. The monoisotopic (exact) mass is 222 g/mol. The molecular weight excluding hydrogens is 216 g/mol. The molecule has 13 heavy (non-hydrogen) atoms. The van der Waals surface area contributed by atoms with Gasteiger partial charge < -0.3 is 5.73 Å². The lowest BCUT2D eigenvalue weighted by Crippen LogP contribution is -2.10. The van der Waals surface area contributed by atoms with Gasteiger partial charge in [-0.15, -0.1) is 0 Å². The first-order chi connectivity index (χ1) is 5.88. The molecular formula is C6H7ClN2O3S. The van der Waals surface area contributed by atoms with Crippen molar-refractivity contribution in [2.24, 2.45) is 0 Å². The van der Waals surface area contributed by atoms with Gasteiger partial charge in [0.15, 0.2) is 0 Å². The molecule has 0 amide bonds. The van der Waals surface area contributed by atoms with E-state index in [-0.39, 0.29) is 10.7 Å². The maximum Gasteiger partial charge on any atom is 0.357 e. The summed E-state index contributed by atoms with van der Waals surface area (Å²) in [6.07, 6.45) is 0. The first-order valence-electron chi connectivity index (χ1n) is 3.19. The molecule has 0 saturated carbocycles. The molecule has 0 unspecified atom stereocenters. The molecule has 0 fully saturated rings. The number of rotatable bonds is 2. The van der Waals surface area contributed by atoms with E-state index in [2.05, 4.69) is 0 Å². The summed E-state index contributed by atoms with van der Waals surface area (Å²) in [7, 11) is -4.31. The summed E-state index contributed by atoms with van der Waals surface area (Å²) in [6.45, 7) is 0. The number of nitrogen functional groups attached to an aromatic ring is 1. The first kappa shape index (κ1) is 10.1. The summed E-state index contributed by atoms with van der Waals surface area (Å²) in [5, 5.41) is 0.159. The molecule has 1 aromatic carbocycles. The number of halogens is 1. The average molecular weight is 223 g/mol. The predicted octanol–water partition coefficient (Wildman–Crippen LogP) is 1.14. The fraction of sp³-hybridized carbons (Fsp3) is 0. The number of hydrogen-bond acceptors (Lipinski definition) is 3. The molecule has 7 heteroatoms. The van der Waals surface area contributed by atoms with Crippen molar-refractivity contribution in [3.05, 3.63) is 23.2 Å². The van der Waals surface area contributed by atoms with Crippen LogP contribution in [0.5, 0.6) is 0 Å². The second-order valence-corrected chi connectivity index (χ2v) is 3.88. The van der Waals surface area contributed by atoms with Gasteiger partial charge in [0.25, 0.3) is 0 Å². The summed E-state index contributed by atoms with van der Waals surface area (Å²) in [5.74, 6) is 0. The third kappa shape index (κ3) is 3.10. The Balaban J connectivity index is 3.08. The molecule has 0 heterocycles. The number of nitrogens with two attached hydrogens (primary N) is 1. The number of anilines is 2. The highest BCUT2D eigenvalue weighted by molar-refractivity contribution is 7.87. The van der Waals surface area contributed by atoms with Crippen molar-refractivity contribution < 1.29 is 13.0 Å². The quantitative estimate of drug-likeness (QED) is 0.517. The Hall–Kier alpha value is -0.980. The van der Waals surface area contributed by atoms with Gasteiger partial charge in [-0.25, -0.2) is 0 Å². The van der Waals surface area contributed by atoms with E-state index in [4.69, 9.17) is 21.9 Å². The minimum absolute atomic E-state index is 0.0455. The fourth-order valence-corrected chi connectivity index (χ4v) is 1.43. The van der Waals surface area contributed by atoms with Crippen molar-refractivity contribution in [3.63, 3.8) is 0 Å². The van der Waals surface area contributed by atoms with E-state index in [1.807, 2.05) is 0 Å². The van der Waals surface area contributed by atoms with Crippen LogP contribution < -0.4 is 10.5 Å². The van der Waals surface area contributed by atoms with Crippen LogP contribution in [-0.2, 0) is 10.3 Å². The lowest BCUT2D eigenvalue weighted by molar-refractivity contribution is 0.490. The zero-order chi connectivity index (χ0) is 10.1. The van der Waals surface area contributed by atoms with Crippen molar-refractivity contribution in [1.29, 1.82) is 0 Å². The van der Waals surface area contributed by atoms with Crippen LogP contribution in [-0.4, -0.2) is 13.0 Å². The molecule has 1 rings (SSSR count). The summed E-state index contributed by atoms with van der Waals surface area (Å²) in [4.78, 5) is 0. The highest BCUT2D eigenvalue weighted by Gasteiger charge is 2.07. The molecule has 0 atom stereocenters. The molecule has 5 nitrogen and oxygen atoms in total. The molecule has 0 aliphatic carbocycles. The van der Waals surface area contributed by atoms with Crippen molar-refractivity contribution in [3.8, 4) is 0 Å². The normalized spacial score (nSPS) is 11.2. The maximum absolute atomic E-state index is 10.4. The minimum atomic E-state index is -4.31. The van der Waals surface area contributed by atoms with Crippen molar-refractivity contribution in [2.45, 2.75) is 0 Å². The van der Waals surface area contributed by atoms with Crippen LogP contribution in [0.3, 0.4) is 0 Å². The number of nitrogens with one attached hydrogen (secondary N) is 1. The Labute approximate surface area is 80.4 Å². The van der Waals surface area contributed by atoms with E-state index < -0.39 is 10.3 Å². The molecule has 72 valence electrons. The topological polar surface area (TPSA) is 92.4 Å². The molecule has 4 N–H and O–H groups in total.